The highest BCUT2D eigenvalue weighted by molar-refractivity contribution is 5.76. The summed E-state index contributed by atoms with van der Waals surface area (Å²) in [5.41, 5.74) is 1.07. The van der Waals surface area contributed by atoms with Gasteiger partial charge < -0.3 is 14.8 Å². The zero-order valence-corrected chi connectivity index (χ0v) is 15.5. The lowest BCUT2D eigenvalue weighted by Gasteiger charge is -2.29. The third-order valence-corrected chi connectivity index (χ3v) is 5.05. The molecule has 1 heterocycles. The molecule has 0 aliphatic heterocycles. The van der Waals surface area contributed by atoms with Crippen LogP contribution in [0.25, 0.3) is 0 Å². The molecule has 0 spiro atoms. The van der Waals surface area contributed by atoms with Crippen molar-refractivity contribution in [1.29, 1.82) is 0 Å². The van der Waals surface area contributed by atoms with Crippen LogP contribution >= 0.6 is 0 Å². The third kappa shape index (κ3) is 4.56. The van der Waals surface area contributed by atoms with Crippen molar-refractivity contribution in [3.63, 3.8) is 0 Å². The molecule has 0 bridgehead atoms. The Kier molecular flexibility index (Phi) is 6.15. The van der Waals surface area contributed by atoms with Gasteiger partial charge in [-0.3, -0.25) is 9.48 Å². The molecule has 1 aromatic carbocycles. The second-order valence-corrected chi connectivity index (χ2v) is 6.75. The van der Waals surface area contributed by atoms with Crippen molar-refractivity contribution in [2.24, 2.45) is 0 Å². The SMILES string of the molecule is COc1ccc(CCC(=O)NC2CCC(n3cccn3)CC2)cc1OC. The fraction of sp³-hybridized carbons (Fsp3) is 0.500. The molecule has 3 rings (SSSR count). The van der Waals surface area contributed by atoms with E-state index in [-0.39, 0.29) is 11.9 Å². The van der Waals surface area contributed by atoms with Crippen LogP contribution in [0.15, 0.2) is 36.7 Å². The Hall–Kier alpha value is -2.50. The van der Waals surface area contributed by atoms with Gasteiger partial charge in [-0.05, 0) is 55.9 Å². The Morgan fingerprint density at radius 3 is 2.62 bits per heavy atom. The lowest BCUT2D eigenvalue weighted by molar-refractivity contribution is -0.122. The highest BCUT2D eigenvalue weighted by Crippen LogP contribution is 2.29. The van der Waals surface area contributed by atoms with Gasteiger partial charge in [0.2, 0.25) is 5.91 Å². The number of nitrogens with one attached hydrogen (secondary N) is 1. The maximum absolute atomic E-state index is 12.3. The van der Waals surface area contributed by atoms with Gasteiger partial charge in [0.25, 0.3) is 0 Å². The summed E-state index contributed by atoms with van der Waals surface area (Å²) < 4.78 is 12.6. The summed E-state index contributed by atoms with van der Waals surface area (Å²) in [5, 5.41) is 7.51. The van der Waals surface area contributed by atoms with Gasteiger partial charge in [0.15, 0.2) is 11.5 Å². The van der Waals surface area contributed by atoms with Gasteiger partial charge in [-0.2, -0.15) is 5.10 Å². The smallest absolute Gasteiger partial charge is 0.220 e. The first-order valence-corrected chi connectivity index (χ1v) is 9.19. The Morgan fingerprint density at radius 2 is 1.96 bits per heavy atom. The molecule has 0 atom stereocenters. The molecule has 6 nitrogen and oxygen atoms in total. The highest BCUT2D eigenvalue weighted by Gasteiger charge is 2.23. The topological polar surface area (TPSA) is 65.4 Å². The molecule has 1 saturated carbocycles. The molecule has 1 fully saturated rings. The van der Waals surface area contributed by atoms with Crippen molar-refractivity contribution in [2.45, 2.75) is 50.6 Å². The average molecular weight is 357 g/mol. The maximum Gasteiger partial charge on any atom is 0.220 e. The minimum atomic E-state index is 0.113. The number of nitrogens with zero attached hydrogens (tertiary/aromatic N) is 2. The summed E-state index contributed by atoms with van der Waals surface area (Å²) in [4.78, 5) is 12.3. The van der Waals surface area contributed by atoms with Crippen molar-refractivity contribution in [1.82, 2.24) is 15.1 Å². The van der Waals surface area contributed by atoms with E-state index in [4.69, 9.17) is 9.47 Å². The molecular formula is C20H27N3O3. The van der Waals surface area contributed by atoms with Crippen molar-refractivity contribution in [2.75, 3.05) is 14.2 Å². The van der Waals surface area contributed by atoms with Crippen LogP contribution in [0.1, 0.15) is 43.7 Å². The molecule has 1 amide bonds. The molecule has 1 aliphatic rings. The van der Waals surface area contributed by atoms with E-state index >= 15 is 0 Å². The highest BCUT2D eigenvalue weighted by atomic mass is 16.5. The van der Waals surface area contributed by atoms with Crippen molar-refractivity contribution in [3.05, 3.63) is 42.2 Å². The number of amides is 1. The Bertz CT molecular complexity index is 707. The van der Waals surface area contributed by atoms with Crippen LogP contribution in [0.4, 0.5) is 0 Å². The van der Waals surface area contributed by atoms with Crippen molar-refractivity contribution in [3.8, 4) is 11.5 Å². The monoisotopic (exact) mass is 357 g/mol. The predicted octanol–water partition coefficient (Wildman–Crippen LogP) is 3.13. The Morgan fingerprint density at radius 1 is 1.19 bits per heavy atom. The standard InChI is InChI=1S/C20H27N3O3/c1-25-18-10-4-15(14-19(18)26-2)5-11-20(24)22-16-6-8-17(9-7-16)23-13-3-12-21-23/h3-4,10,12-14,16-17H,5-9,11H2,1-2H3,(H,22,24). The molecule has 0 unspecified atom stereocenters. The third-order valence-electron chi connectivity index (χ3n) is 5.05. The van der Waals surface area contributed by atoms with E-state index in [0.29, 0.717) is 30.4 Å². The number of hydrogen-bond acceptors (Lipinski definition) is 4. The zero-order chi connectivity index (χ0) is 18.4. The summed E-state index contributed by atoms with van der Waals surface area (Å²) in [5.74, 6) is 1.51. The van der Waals surface area contributed by atoms with Gasteiger partial charge in [-0.1, -0.05) is 6.07 Å². The van der Waals surface area contributed by atoms with Gasteiger partial charge in [-0.25, -0.2) is 0 Å². The first-order valence-electron chi connectivity index (χ1n) is 9.19. The lowest BCUT2D eigenvalue weighted by Crippen LogP contribution is -2.38. The number of hydrogen-bond donors (Lipinski definition) is 1. The van der Waals surface area contributed by atoms with Gasteiger partial charge in [0.1, 0.15) is 0 Å². The minimum Gasteiger partial charge on any atom is -0.493 e. The van der Waals surface area contributed by atoms with Crippen molar-refractivity contribution >= 4 is 5.91 Å². The van der Waals surface area contributed by atoms with E-state index in [1.807, 2.05) is 41.3 Å². The number of aromatic nitrogens is 2. The maximum atomic E-state index is 12.3. The quantitative estimate of drug-likeness (QED) is 0.827. The molecule has 140 valence electrons. The van der Waals surface area contributed by atoms with Crippen molar-refractivity contribution < 1.29 is 14.3 Å². The molecule has 0 radical (unpaired) electrons. The summed E-state index contributed by atoms with van der Waals surface area (Å²) in [6, 6.07) is 8.49. The number of rotatable bonds is 7. The summed E-state index contributed by atoms with van der Waals surface area (Å²) in [6.07, 6.45) is 9.14. The van der Waals surface area contributed by atoms with Crippen LogP contribution in [0.2, 0.25) is 0 Å². The van der Waals surface area contributed by atoms with Crippen LogP contribution in [0.5, 0.6) is 11.5 Å². The summed E-state index contributed by atoms with van der Waals surface area (Å²) in [7, 11) is 3.24. The first-order chi connectivity index (χ1) is 12.7. The summed E-state index contributed by atoms with van der Waals surface area (Å²) >= 11 is 0. The number of methoxy groups -OCH3 is 2. The molecule has 1 aromatic heterocycles. The largest absolute Gasteiger partial charge is 0.493 e. The number of aryl methyl sites for hydroxylation is 1. The molecule has 0 saturated heterocycles. The first kappa shape index (κ1) is 18.3. The molecule has 2 aromatic rings. The van der Waals surface area contributed by atoms with E-state index in [0.717, 1.165) is 31.2 Å². The normalized spacial score (nSPS) is 19.8. The van der Waals surface area contributed by atoms with Crippen LogP contribution in [0.3, 0.4) is 0 Å². The van der Waals surface area contributed by atoms with Crippen LogP contribution in [-0.4, -0.2) is 35.9 Å². The number of ether oxygens (including phenoxy) is 2. The van der Waals surface area contributed by atoms with E-state index < -0.39 is 0 Å². The Labute approximate surface area is 154 Å². The second-order valence-electron chi connectivity index (χ2n) is 6.75. The molecule has 1 aliphatic carbocycles. The van der Waals surface area contributed by atoms with Gasteiger partial charge in [0, 0.05) is 24.9 Å². The second kappa shape index (κ2) is 8.74. The van der Waals surface area contributed by atoms with Gasteiger partial charge in [-0.15, -0.1) is 0 Å². The number of carbonyl (C=O) groups excluding carboxylic acids is 1. The molecule has 26 heavy (non-hydrogen) atoms. The van der Waals surface area contributed by atoms with Crippen LogP contribution in [0, 0.1) is 0 Å². The number of carbonyl (C=O) groups is 1. The summed E-state index contributed by atoms with van der Waals surface area (Å²) in [6.45, 7) is 0. The average Bonchev–Trinajstić information content (AvgIpc) is 3.21. The van der Waals surface area contributed by atoms with Gasteiger partial charge >= 0.3 is 0 Å². The van der Waals surface area contributed by atoms with Crippen LogP contribution < -0.4 is 14.8 Å². The van der Waals surface area contributed by atoms with Gasteiger partial charge in [0.05, 0.1) is 20.3 Å². The fourth-order valence-corrected chi connectivity index (χ4v) is 3.58. The minimum absolute atomic E-state index is 0.113. The molecule has 1 N–H and O–H groups in total. The Balaban J connectivity index is 1.43. The van der Waals surface area contributed by atoms with Crippen LogP contribution in [-0.2, 0) is 11.2 Å². The zero-order valence-electron chi connectivity index (χ0n) is 15.5. The van der Waals surface area contributed by atoms with E-state index in [1.54, 1.807) is 14.2 Å². The molecular weight excluding hydrogens is 330 g/mol. The van der Waals surface area contributed by atoms with E-state index in [1.165, 1.54) is 0 Å². The number of benzene rings is 1. The fourth-order valence-electron chi connectivity index (χ4n) is 3.58. The lowest BCUT2D eigenvalue weighted by atomic mass is 9.91. The predicted molar refractivity (Wildman–Crippen MR) is 99.5 cm³/mol. The van der Waals surface area contributed by atoms with E-state index in [9.17, 15) is 4.79 Å². The molecule has 6 heteroatoms. The van der Waals surface area contributed by atoms with E-state index in [2.05, 4.69) is 10.4 Å².